The summed E-state index contributed by atoms with van der Waals surface area (Å²) in [6, 6.07) is 14.5. The first-order chi connectivity index (χ1) is 17.1. The van der Waals surface area contributed by atoms with Crippen LogP contribution in [0.25, 0.3) is 16.7 Å². The predicted molar refractivity (Wildman–Crippen MR) is 134 cm³/mol. The second kappa shape index (κ2) is 10.2. The van der Waals surface area contributed by atoms with Gasteiger partial charge < -0.3 is 18.8 Å². The summed E-state index contributed by atoms with van der Waals surface area (Å²) in [6.45, 7) is 4.10. The Kier molecular flexibility index (Phi) is 6.72. The first-order valence-electron chi connectivity index (χ1n) is 11.9. The maximum absolute atomic E-state index is 12.4. The lowest BCUT2D eigenvalue weighted by Crippen LogP contribution is -2.46. The number of carbonyl (C=O) groups excluding carboxylic acids is 1. The van der Waals surface area contributed by atoms with E-state index in [0.29, 0.717) is 11.1 Å². The lowest BCUT2D eigenvalue weighted by atomic mass is 9.96. The summed E-state index contributed by atoms with van der Waals surface area (Å²) in [5, 5.41) is 0. The minimum Gasteiger partial charge on any atom is -0.438 e. The number of methoxy groups -OCH3 is 1. The quantitative estimate of drug-likeness (QED) is 0.490. The van der Waals surface area contributed by atoms with Gasteiger partial charge in [-0.1, -0.05) is 48.6 Å². The van der Waals surface area contributed by atoms with Crippen molar-refractivity contribution < 1.29 is 18.7 Å². The molecule has 3 aromatic rings. The second-order valence-corrected chi connectivity index (χ2v) is 8.77. The number of fused-ring (bicyclic) bond motifs is 1. The van der Waals surface area contributed by atoms with Gasteiger partial charge in [0.05, 0.1) is 18.3 Å². The lowest BCUT2D eigenvalue weighted by Gasteiger charge is -2.36. The second-order valence-electron chi connectivity index (χ2n) is 8.77. The third-order valence-corrected chi connectivity index (χ3v) is 6.58. The van der Waals surface area contributed by atoms with Crippen LogP contribution in [0.4, 0.5) is 10.5 Å². The first-order valence-corrected chi connectivity index (χ1v) is 11.9. The molecule has 0 atom stereocenters. The average Bonchev–Trinajstić information content (AvgIpc) is 3.23. The van der Waals surface area contributed by atoms with Gasteiger partial charge in [-0.15, -0.1) is 0 Å². The number of carbonyl (C=O) groups is 1. The lowest BCUT2D eigenvalue weighted by molar-refractivity contribution is 0.0479. The number of hydrogen-bond acceptors (Lipinski definition) is 7. The van der Waals surface area contributed by atoms with E-state index in [1.54, 1.807) is 6.07 Å². The van der Waals surface area contributed by atoms with Gasteiger partial charge >= 0.3 is 11.9 Å². The highest BCUT2D eigenvalue weighted by atomic mass is 16.7. The molecule has 8 nitrogen and oxygen atoms in total. The highest BCUT2D eigenvalue weighted by Crippen LogP contribution is 2.28. The summed E-state index contributed by atoms with van der Waals surface area (Å²) >= 11 is 0. The van der Waals surface area contributed by atoms with Gasteiger partial charge in [0.15, 0.2) is 12.3 Å². The smallest absolute Gasteiger partial charge is 0.438 e. The zero-order chi connectivity index (χ0) is 24.2. The molecule has 0 N–H and O–H groups in total. The standard InChI is InChI=1S/C27H29N3O5/c1-33-27(32)34-19-30-24-12-6-11-23(25(24)35-26(30)31)29-15-13-28(14-16-29)18-20-7-5-10-22(17-20)21-8-3-2-4-9-21/h2-3,5-8,10-12,17H,4,9,13-16,18-19H2,1H3. The van der Waals surface area contributed by atoms with E-state index in [-0.39, 0.29) is 6.73 Å². The number of anilines is 1. The maximum atomic E-state index is 12.4. The molecular formula is C27H29N3O5. The van der Waals surface area contributed by atoms with Crippen molar-refractivity contribution in [1.82, 2.24) is 9.47 Å². The Morgan fingerprint density at radius 2 is 1.91 bits per heavy atom. The van der Waals surface area contributed by atoms with E-state index >= 15 is 0 Å². The summed E-state index contributed by atoms with van der Waals surface area (Å²) in [4.78, 5) is 28.4. The average molecular weight is 476 g/mol. The number of rotatable bonds is 6. The number of ether oxygens (including phenoxy) is 2. The molecule has 0 radical (unpaired) electrons. The van der Waals surface area contributed by atoms with Crippen LogP contribution in [0.5, 0.6) is 0 Å². The van der Waals surface area contributed by atoms with Gasteiger partial charge in [0.25, 0.3) is 0 Å². The van der Waals surface area contributed by atoms with Crippen LogP contribution in [-0.2, 0) is 22.7 Å². The molecule has 1 aliphatic heterocycles. The molecule has 0 unspecified atom stereocenters. The fourth-order valence-corrected chi connectivity index (χ4v) is 4.74. The largest absolute Gasteiger partial charge is 0.509 e. The van der Waals surface area contributed by atoms with Crippen molar-refractivity contribution in [1.29, 1.82) is 0 Å². The van der Waals surface area contributed by atoms with Crippen LogP contribution in [0, 0.1) is 0 Å². The number of nitrogens with zero attached hydrogens (tertiary/aromatic N) is 3. The third kappa shape index (κ3) is 5.02. The predicted octanol–water partition coefficient (Wildman–Crippen LogP) is 4.39. The van der Waals surface area contributed by atoms with E-state index in [1.807, 2.05) is 12.1 Å². The molecule has 0 amide bonds. The number of benzene rings is 2. The van der Waals surface area contributed by atoms with E-state index in [0.717, 1.165) is 51.3 Å². The van der Waals surface area contributed by atoms with Gasteiger partial charge in [0, 0.05) is 32.7 Å². The zero-order valence-corrected chi connectivity index (χ0v) is 19.8. The van der Waals surface area contributed by atoms with Gasteiger partial charge in [0.2, 0.25) is 0 Å². The highest BCUT2D eigenvalue weighted by Gasteiger charge is 2.22. The van der Waals surface area contributed by atoms with E-state index in [9.17, 15) is 9.59 Å². The fourth-order valence-electron chi connectivity index (χ4n) is 4.74. The van der Waals surface area contributed by atoms with Crippen LogP contribution in [0.1, 0.15) is 24.0 Å². The Hall–Kier alpha value is -3.78. The number of para-hydroxylation sites is 1. The van der Waals surface area contributed by atoms with Crippen LogP contribution in [-0.4, -0.2) is 48.9 Å². The zero-order valence-electron chi connectivity index (χ0n) is 19.8. The van der Waals surface area contributed by atoms with Crippen molar-refractivity contribution in [2.24, 2.45) is 0 Å². The molecular weight excluding hydrogens is 446 g/mol. The Bertz CT molecular complexity index is 1330. The topological polar surface area (TPSA) is 77.1 Å². The molecule has 1 fully saturated rings. The van der Waals surface area contributed by atoms with E-state index in [1.165, 1.54) is 28.4 Å². The monoisotopic (exact) mass is 475 g/mol. The van der Waals surface area contributed by atoms with Crippen molar-refractivity contribution in [3.05, 3.63) is 82.4 Å². The van der Waals surface area contributed by atoms with Crippen LogP contribution < -0.4 is 10.7 Å². The van der Waals surface area contributed by atoms with Gasteiger partial charge in [-0.25, -0.2) is 14.2 Å². The molecule has 0 bridgehead atoms. The number of piperazine rings is 1. The van der Waals surface area contributed by atoms with Crippen LogP contribution in [0.3, 0.4) is 0 Å². The normalized spacial score (nSPS) is 16.4. The Labute approximate surface area is 203 Å². The molecule has 1 aromatic heterocycles. The summed E-state index contributed by atoms with van der Waals surface area (Å²) in [7, 11) is 1.22. The highest BCUT2D eigenvalue weighted by molar-refractivity contribution is 5.87. The Balaban J connectivity index is 1.26. The molecule has 35 heavy (non-hydrogen) atoms. The van der Waals surface area contributed by atoms with E-state index in [4.69, 9.17) is 9.15 Å². The van der Waals surface area contributed by atoms with Gasteiger partial charge in [-0.05, 0) is 41.7 Å². The molecule has 0 saturated carbocycles. The van der Waals surface area contributed by atoms with Crippen molar-refractivity contribution in [3.63, 3.8) is 0 Å². The number of aromatic nitrogens is 1. The van der Waals surface area contributed by atoms with Crippen LogP contribution in [0.2, 0.25) is 0 Å². The maximum Gasteiger partial charge on any atom is 0.509 e. The molecule has 0 spiro atoms. The van der Waals surface area contributed by atoms with Crippen molar-refractivity contribution in [2.75, 3.05) is 38.2 Å². The number of oxazole rings is 1. The van der Waals surface area contributed by atoms with Crippen LogP contribution in [0.15, 0.2) is 69.9 Å². The summed E-state index contributed by atoms with van der Waals surface area (Å²) in [5.41, 5.74) is 5.99. The van der Waals surface area contributed by atoms with Crippen LogP contribution >= 0.6 is 0 Å². The van der Waals surface area contributed by atoms with Gasteiger partial charge in [-0.3, -0.25) is 4.90 Å². The molecule has 8 heteroatoms. The van der Waals surface area contributed by atoms with Crippen molar-refractivity contribution in [3.8, 4) is 0 Å². The van der Waals surface area contributed by atoms with E-state index < -0.39 is 11.9 Å². The van der Waals surface area contributed by atoms with Crippen molar-refractivity contribution in [2.45, 2.75) is 26.1 Å². The Morgan fingerprint density at radius 1 is 1.09 bits per heavy atom. The molecule has 5 rings (SSSR count). The van der Waals surface area contributed by atoms with Gasteiger partial charge in [-0.2, -0.15) is 0 Å². The fraction of sp³-hybridized carbons (Fsp3) is 0.333. The molecule has 1 saturated heterocycles. The first kappa shape index (κ1) is 23.0. The van der Waals surface area contributed by atoms with Crippen molar-refractivity contribution >= 4 is 28.5 Å². The minimum absolute atomic E-state index is 0.262. The minimum atomic E-state index is -0.851. The summed E-state index contributed by atoms with van der Waals surface area (Å²) in [6.07, 6.45) is 7.92. The van der Waals surface area contributed by atoms with Gasteiger partial charge in [0.1, 0.15) is 0 Å². The summed E-state index contributed by atoms with van der Waals surface area (Å²) in [5.74, 6) is -0.571. The Morgan fingerprint density at radius 3 is 2.69 bits per heavy atom. The number of allylic oxidation sites excluding steroid dienone is 4. The third-order valence-electron chi connectivity index (χ3n) is 6.58. The van der Waals surface area contributed by atoms with E-state index in [2.05, 4.69) is 57.0 Å². The molecule has 2 heterocycles. The molecule has 2 aliphatic rings. The summed E-state index contributed by atoms with van der Waals surface area (Å²) < 4.78 is 16.3. The molecule has 2 aromatic carbocycles. The molecule has 182 valence electrons. The number of hydrogen-bond donors (Lipinski definition) is 0. The SMILES string of the molecule is COC(=O)OCn1c(=O)oc2c(N3CCN(Cc4cccc(C5=CC=CCC5)c4)CC3)cccc21. The molecule has 1 aliphatic carbocycles.